The van der Waals surface area contributed by atoms with Crippen LogP contribution in [0.25, 0.3) is 0 Å². The van der Waals surface area contributed by atoms with E-state index in [9.17, 15) is 9.59 Å². The van der Waals surface area contributed by atoms with Crippen molar-refractivity contribution in [3.63, 3.8) is 0 Å². The summed E-state index contributed by atoms with van der Waals surface area (Å²) in [4.78, 5) is 30.4. The Balaban J connectivity index is 1.92. The minimum atomic E-state index is -0.808. The highest BCUT2D eigenvalue weighted by Crippen LogP contribution is 2.47. The molecule has 1 heterocycles. The van der Waals surface area contributed by atoms with Gasteiger partial charge in [-0.25, -0.2) is 0 Å². The molecule has 0 radical (unpaired) electrons. The summed E-state index contributed by atoms with van der Waals surface area (Å²) in [5.74, 6) is -0.187. The van der Waals surface area contributed by atoms with Gasteiger partial charge in [0.15, 0.2) is 0 Å². The van der Waals surface area contributed by atoms with Crippen molar-refractivity contribution < 1.29 is 9.59 Å². The van der Waals surface area contributed by atoms with Crippen LogP contribution in [0.4, 0.5) is 0 Å². The third-order valence-electron chi connectivity index (χ3n) is 3.85. The summed E-state index contributed by atoms with van der Waals surface area (Å²) in [6.07, 6.45) is 5.58. The first-order valence-electron chi connectivity index (χ1n) is 7.41. The summed E-state index contributed by atoms with van der Waals surface area (Å²) in [6, 6.07) is 3.94. The van der Waals surface area contributed by atoms with Crippen LogP contribution in [0.2, 0.25) is 0 Å². The van der Waals surface area contributed by atoms with Gasteiger partial charge in [-0.1, -0.05) is 0 Å². The third kappa shape index (κ3) is 3.60. The maximum atomic E-state index is 12.5. The van der Waals surface area contributed by atoms with Gasteiger partial charge < -0.3 is 10.2 Å². The van der Waals surface area contributed by atoms with Crippen molar-refractivity contribution in [3.05, 3.63) is 30.1 Å². The zero-order valence-corrected chi connectivity index (χ0v) is 12.9. The Bertz CT molecular complexity index is 510. The topological polar surface area (TPSA) is 62.3 Å². The standard InChI is InChI=1S/C16H23N3O2/c1-12(2)18-14(20)16(7-8-16)15(21)19(3)11-6-13-4-9-17-10-5-13/h4-5,9-10,12H,6-8,11H2,1-3H3,(H,18,20). The Labute approximate surface area is 125 Å². The number of rotatable bonds is 6. The first-order valence-corrected chi connectivity index (χ1v) is 7.41. The van der Waals surface area contributed by atoms with Crippen LogP contribution in [-0.2, 0) is 16.0 Å². The van der Waals surface area contributed by atoms with Gasteiger partial charge in [-0.3, -0.25) is 14.6 Å². The van der Waals surface area contributed by atoms with Crippen molar-refractivity contribution >= 4 is 11.8 Å². The summed E-state index contributed by atoms with van der Waals surface area (Å²) in [5.41, 5.74) is 0.332. The first kappa shape index (κ1) is 15.5. The molecule has 0 saturated heterocycles. The molecule has 2 rings (SSSR count). The van der Waals surface area contributed by atoms with E-state index in [2.05, 4.69) is 10.3 Å². The lowest BCUT2D eigenvalue weighted by molar-refractivity contribution is -0.143. The van der Waals surface area contributed by atoms with E-state index in [4.69, 9.17) is 0 Å². The van der Waals surface area contributed by atoms with Gasteiger partial charge in [-0.05, 0) is 50.8 Å². The molecule has 5 nitrogen and oxygen atoms in total. The minimum Gasteiger partial charge on any atom is -0.353 e. The first-order chi connectivity index (χ1) is 9.95. The van der Waals surface area contributed by atoms with E-state index in [-0.39, 0.29) is 17.9 Å². The smallest absolute Gasteiger partial charge is 0.238 e. The Morgan fingerprint density at radius 2 is 1.95 bits per heavy atom. The third-order valence-corrected chi connectivity index (χ3v) is 3.85. The molecule has 0 bridgehead atoms. The Morgan fingerprint density at radius 3 is 2.48 bits per heavy atom. The van der Waals surface area contributed by atoms with E-state index in [1.165, 1.54) is 0 Å². The van der Waals surface area contributed by atoms with Crippen LogP contribution < -0.4 is 5.32 Å². The number of hydrogen-bond donors (Lipinski definition) is 1. The Morgan fingerprint density at radius 1 is 1.33 bits per heavy atom. The van der Waals surface area contributed by atoms with Gasteiger partial charge >= 0.3 is 0 Å². The summed E-state index contributed by atoms with van der Waals surface area (Å²) in [7, 11) is 1.77. The molecule has 0 atom stereocenters. The quantitative estimate of drug-likeness (QED) is 0.805. The highest BCUT2D eigenvalue weighted by molar-refractivity contribution is 6.07. The van der Waals surface area contributed by atoms with E-state index < -0.39 is 5.41 Å². The summed E-state index contributed by atoms with van der Waals surface area (Å²) in [6.45, 7) is 4.43. The van der Waals surface area contributed by atoms with Crippen molar-refractivity contribution in [2.45, 2.75) is 39.2 Å². The molecule has 1 aromatic heterocycles. The van der Waals surface area contributed by atoms with Gasteiger partial charge in [0.25, 0.3) is 0 Å². The number of nitrogens with zero attached hydrogens (tertiary/aromatic N) is 2. The molecule has 0 spiro atoms. The molecular weight excluding hydrogens is 266 g/mol. The van der Waals surface area contributed by atoms with Gasteiger partial charge in [-0.2, -0.15) is 0 Å². The highest BCUT2D eigenvalue weighted by atomic mass is 16.2. The summed E-state index contributed by atoms with van der Waals surface area (Å²) < 4.78 is 0. The second kappa shape index (κ2) is 6.24. The van der Waals surface area contributed by atoms with Crippen molar-refractivity contribution in [1.82, 2.24) is 15.2 Å². The maximum absolute atomic E-state index is 12.5. The van der Waals surface area contributed by atoms with Crippen LogP contribution in [0.1, 0.15) is 32.3 Å². The lowest BCUT2D eigenvalue weighted by Crippen LogP contribution is -2.46. The monoisotopic (exact) mass is 289 g/mol. The molecule has 0 aliphatic heterocycles. The highest BCUT2D eigenvalue weighted by Gasteiger charge is 2.57. The number of nitrogens with one attached hydrogen (secondary N) is 1. The Kier molecular flexibility index (Phi) is 4.60. The number of carbonyl (C=O) groups is 2. The number of aromatic nitrogens is 1. The normalized spacial score (nSPS) is 15.6. The average Bonchev–Trinajstić information content (AvgIpc) is 3.26. The molecule has 0 aromatic carbocycles. The van der Waals surface area contributed by atoms with E-state index >= 15 is 0 Å². The number of carbonyl (C=O) groups excluding carboxylic acids is 2. The zero-order valence-electron chi connectivity index (χ0n) is 12.9. The van der Waals surface area contributed by atoms with Crippen molar-refractivity contribution in [2.24, 2.45) is 5.41 Å². The van der Waals surface area contributed by atoms with E-state index in [1.807, 2.05) is 26.0 Å². The minimum absolute atomic E-state index is 0.0601. The molecule has 1 N–H and O–H groups in total. The van der Waals surface area contributed by atoms with E-state index in [0.29, 0.717) is 19.4 Å². The molecule has 1 aliphatic rings. The van der Waals surface area contributed by atoms with Crippen LogP contribution in [0.3, 0.4) is 0 Å². The molecule has 21 heavy (non-hydrogen) atoms. The Hall–Kier alpha value is -1.91. The van der Waals surface area contributed by atoms with Gasteiger partial charge in [0.1, 0.15) is 5.41 Å². The summed E-state index contributed by atoms with van der Waals surface area (Å²) >= 11 is 0. The number of amides is 2. The van der Waals surface area contributed by atoms with Crippen LogP contribution >= 0.6 is 0 Å². The van der Waals surface area contributed by atoms with Crippen molar-refractivity contribution in [2.75, 3.05) is 13.6 Å². The second-order valence-electron chi connectivity index (χ2n) is 6.04. The zero-order chi connectivity index (χ0) is 15.5. The largest absolute Gasteiger partial charge is 0.353 e. The van der Waals surface area contributed by atoms with Crippen LogP contribution in [-0.4, -0.2) is 41.3 Å². The molecule has 1 aliphatic carbocycles. The lowest BCUT2D eigenvalue weighted by atomic mass is 10.0. The number of likely N-dealkylation sites (N-methyl/N-ethyl adjacent to an activating group) is 1. The molecule has 5 heteroatoms. The second-order valence-corrected chi connectivity index (χ2v) is 6.04. The van der Waals surface area contributed by atoms with Crippen molar-refractivity contribution in [1.29, 1.82) is 0 Å². The molecule has 1 fully saturated rings. The van der Waals surface area contributed by atoms with Gasteiger partial charge in [0.2, 0.25) is 11.8 Å². The molecule has 0 unspecified atom stereocenters. The van der Waals surface area contributed by atoms with E-state index in [0.717, 1.165) is 12.0 Å². The molecule has 1 aromatic rings. The predicted octanol–water partition coefficient (Wildman–Crippen LogP) is 1.39. The van der Waals surface area contributed by atoms with Gasteiger partial charge in [-0.15, -0.1) is 0 Å². The summed E-state index contributed by atoms with van der Waals surface area (Å²) in [5, 5.41) is 2.86. The SMILES string of the molecule is CC(C)NC(=O)C1(C(=O)N(C)CCc2ccncc2)CC1. The number of pyridine rings is 1. The molecule has 1 saturated carbocycles. The average molecular weight is 289 g/mol. The van der Waals surface area contributed by atoms with E-state index in [1.54, 1.807) is 24.3 Å². The predicted molar refractivity (Wildman–Crippen MR) is 80.5 cm³/mol. The van der Waals surface area contributed by atoms with Crippen LogP contribution in [0.5, 0.6) is 0 Å². The molecular formula is C16H23N3O2. The van der Waals surface area contributed by atoms with Crippen LogP contribution in [0, 0.1) is 5.41 Å². The molecule has 114 valence electrons. The number of hydrogen-bond acceptors (Lipinski definition) is 3. The fourth-order valence-electron chi connectivity index (χ4n) is 2.38. The van der Waals surface area contributed by atoms with Crippen LogP contribution in [0.15, 0.2) is 24.5 Å². The lowest BCUT2D eigenvalue weighted by Gasteiger charge is -2.23. The fourth-order valence-corrected chi connectivity index (χ4v) is 2.38. The van der Waals surface area contributed by atoms with Gasteiger partial charge in [0.05, 0.1) is 0 Å². The fraction of sp³-hybridized carbons (Fsp3) is 0.562. The van der Waals surface area contributed by atoms with Gasteiger partial charge in [0, 0.05) is 32.0 Å². The van der Waals surface area contributed by atoms with Crippen molar-refractivity contribution in [3.8, 4) is 0 Å². The molecule has 2 amide bonds. The maximum Gasteiger partial charge on any atom is 0.238 e.